The van der Waals surface area contributed by atoms with Crippen molar-refractivity contribution in [2.24, 2.45) is 0 Å². The molecule has 1 atom stereocenters. The lowest BCUT2D eigenvalue weighted by molar-refractivity contribution is -0.136. The van der Waals surface area contributed by atoms with Gasteiger partial charge in [0, 0.05) is 28.5 Å². The molecule has 1 aliphatic carbocycles. The number of nitrogens with one attached hydrogen (secondary N) is 1. The van der Waals surface area contributed by atoms with Crippen LogP contribution >= 0.6 is 11.6 Å². The molecule has 1 N–H and O–H groups in total. The Morgan fingerprint density at radius 1 is 0.925 bits per heavy atom. The van der Waals surface area contributed by atoms with Gasteiger partial charge >= 0.3 is 0 Å². The van der Waals surface area contributed by atoms with Crippen molar-refractivity contribution >= 4 is 34.3 Å². The molecule has 6 heteroatoms. The first-order valence-corrected chi connectivity index (χ1v) is 14.9. The van der Waals surface area contributed by atoms with E-state index in [1.165, 1.54) is 19.3 Å². The predicted octanol–water partition coefficient (Wildman–Crippen LogP) is 7.38. The first-order valence-electron chi connectivity index (χ1n) is 14.5. The fourth-order valence-electron chi connectivity index (χ4n) is 6.53. The van der Waals surface area contributed by atoms with Gasteiger partial charge in [0.25, 0.3) is 11.8 Å². The smallest absolute Gasteiger partial charge is 0.272 e. The number of amides is 2. The normalized spacial score (nSPS) is 20.1. The fourth-order valence-corrected chi connectivity index (χ4v) is 6.73. The molecule has 2 heterocycles. The molecule has 1 saturated carbocycles. The zero-order valence-electron chi connectivity index (χ0n) is 23.0. The van der Waals surface area contributed by atoms with E-state index in [1.54, 1.807) is 4.90 Å². The van der Waals surface area contributed by atoms with Crippen LogP contribution in [0.3, 0.4) is 0 Å². The summed E-state index contributed by atoms with van der Waals surface area (Å²) in [5, 5.41) is 5.03. The van der Waals surface area contributed by atoms with Crippen LogP contribution < -0.4 is 5.32 Å². The van der Waals surface area contributed by atoms with Crippen molar-refractivity contribution in [3.8, 4) is 0 Å². The molecule has 2 aliphatic rings. The number of benzene rings is 3. The number of halogens is 1. The van der Waals surface area contributed by atoms with E-state index in [-0.39, 0.29) is 24.4 Å². The van der Waals surface area contributed by atoms with Crippen molar-refractivity contribution in [3.63, 3.8) is 0 Å². The number of carbonyl (C=O) groups excluding carboxylic acids is 2. The van der Waals surface area contributed by atoms with Crippen LogP contribution in [-0.4, -0.2) is 27.3 Å². The highest BCUT2D eigenvalue weighted by Crippen LogP contribution is 2.41. The lowest BCUT2D eigenvalue weighted by Crippen LogP contribution is -2.64. The molecular formula is C34H36ClN3O2. The van der Waals surface area contributed by atoms with Gasteiger partial charge in [-0.05, 0) is 54.7 Å². The summed E-state index contributed by atoms with van der Waals surface area (Å²) < 4.78 is 2.05. The third-order valence-electron chi connectivity index (χ3n) is 8.73. The van der Waals surface area contributed by atoms with Crippen molar-refractivity contribution in [1.29, 1.82) is 0 Å². The standard InChI is InChI=1S/C34H36ClN3O2/c1-24-18-19-25-21-31-32(39)38(22-26-12-10-11-17-29(26)35)34(23-37(31)30(25)20-24,27-13-6-5-7-14-27)33(40)36-28-15-8-3-2-4-9-16-28/h5-7,10-14,17-21,28H,2-4,8-9,15-16,22-23H2,1H3,(H,36,40)/t34-/m1/s1. The summed E-state index contributed by atoms with van der Waals surface area (Å²) in [6.07, 6.45) is 7.81. The third-order valence-corrected chi connectivity index (χ3v) is 9.09. The van der Waals surface area contributed by atoms with Crippen molar-refractivity contribution in [2.45, 2.75) is 76.5 Å². The number of hydrogen-bond acceptors (Lipinski definition) is 2. The maximum Gasteiger partial charge on any atom is 0.272 e. The molecule has 0 radical (unpaired) electrons. The number of aromatic nitrogens is 1. The Morgan fingerprint density at radius 3 is 2.38 bits per heavy atom. The van der Waals surface area contributed by atoms with Gasteiger partial charge in [0.1, 0.15) is 5.69 Å². The highest BCUT2D eigenvalue weighted by molar-refractivity contribution is 6.31. The van der Waals surface area contributed by atoms with Gasteiger partial charge in [0.15, 0.2) is 5.54 Å². The molecule has 5 nitrogen and oxygen atoms in total. The molecule has 1 fully saturated rings. The average Bonchev–Trinajstić information content (AvgIpc) is 3.30. The second-order valence-electron chi connectivity index (χ2n) is 11.4. The minimum absolute atomic E-state index is 0.0932. The minimum Gasteiger partial charge on any atom is -0.351 e. The van der Waals surface area contributed by atoms with Crippen LogP contribution in [0, 0.1) is 6.92 Å². The molecule has 40 heavy (non-hydrogen) atoms. The lowest BCUT2D eigenvalue weighted by Gasteiger charge is -2.47. The van der Waals surface area contributed by atoms with Crippen LogP contribution in [-0.2, 0) is 23.4 Å². The summed E-state index contributed by atoms with van der Waals surface area (Å²) in [6.45, 7) is 2.61. The van der Waals surface area contributed by atoms with Crippen molar-refractivity contribution in [3.05, 3.63) is 106 Å². The largest absolute Gasteiger partial charge is 0.351 e. The highest BCUT2D eigenvalue weighted by atomic mass is 35.5. The predicted molar refractivity (Wildman–Crippen MR) is 160 cm³/mol. The van der Waals surface area contributed by atoms with E-state index < -0.39 is 5.54 Å². The Hall–Kier alpha value is -3.57. The van der Waals surface area contributed by atoms with Crippen LogP contribution in [0.5, 0.6) is 0 Å². The number of aryl methyl sites for hydroxylation is 1. The molecular weight excluding hydrogens is 518 g/mol. The van der Waals surface area contributed by atoms with E-state index in [4.69, 9.17) is 11.6 Å². The van der Waals surface area contributed by atoms with Gasteiger partial charge in [-0.15, -0.1) is 0 Å². The van der Waals surface area contributed by atoms with E-state index in [2.05, 4.69) is 35.0 Å². The summed E-state index contributed by atoms with van der Waals surface area (Å²) in [6, 6.07) is 25.7. The highest BCUT2D eigenvalue weighted by Gasteiger charge is 2.53. The molecule has 3 aromatic carbocycles. The summed E-state index contributed by atoms with van der Waals surface area (Å²) in [5.41, 5.74) is 3.06. The molecule has 4 aromatic rings. The van der Waals surface area contributed by atoms with Crippen LogP contribution in [0.15, 0.2) is 78.9 Å². The topological polar surface area (TPSA) is 54.3 Å². The van der Waals surface area contributed by atoms with E-state index in [1.807, 2.05) is 60.7 Å². The Labute approximate surface area is 241 Å². The Kier molecular flexibility index (Phi) is 7.41. The van der Waals surface area contributed by atoms with E-state index in [9.17, 15) is 9.59 Å². The van der Waals surface area contributed by atoms with E-state index in [0.29, 0.717) is 17.3 Å². The first-order chi connectivity index (χ1) is 19.5. The zero-order valence-corrected chi connectivity index (χ0v) is 23.8. The SMILES string of the molecule is Cc1ccc2cc3n(c2c1)C[C@](C(=O)NC1CCCCCCC1)(c1ccccc1)N(Cc1ccccc1Cl)C3=O. The van der Waals surface area contributed by atoms with Gasteiger partial charge in [-0.3, -0.25) is 9.59 Å². The maximum atomic E-state index is 14.8. The monoisotopic (exact) mass is 553 g/mol. The van der Waals surface area contributed by atoms with Gasteiger partial charge in [-0.2, -0.15) is 0 Å². The van der Waals surface area contributed by atoms with Crippen LogP contribution in [0.1, 0.15) is 72.1 Å². The number of rotatable bonds is 5. The second-order valence-corrected chi connectivity index (χ2v) is 11.8. The van der Waals surface area contributed by atoms with Crippen LogP contribution in [0.2, 0.25) is 5.02 Å². The number of carbonyl (C=O) groups is 2. The van der Waals surface area contributed by atoms with Crippen molar-refractivity contribution < 1.29 is 9.59 Å². The molecule has 2 amide bonds. The van der Waals surface area contributed by atoms with Gasteiger partial charge < -0.3 is 14.8 Å². The van der Waals surface area contributed by atoms with Gasteiger partial charge in [-0.25, -0.2) is 0 Å². The molecule has 0 spiro atoms. The van der Waals surface area contributed by atoms with Crippen molar-refractivity contribution in [2.75, 3.05) is 0 Å². The Morgan fingerprint density at radius 2 is 1.62 bits per heavy atom. The van der Waals surface area contributed by atoms with E-state index >= 15 is 0 Å². The zero-order chi connectivity index (χ0) is 27.7. The summed E-state index contributed by atoms with van der Waals surface area (Å²) in [7, 11) is 0. The number of fused-ring (bicyclic) bond motifs is 3. The molecule has 0 bridgehead atoms. The fraction of sp³-hybridized carbons (Fsp3) is 0.353. The first kappa shape index (κ1) is 26.6. The van der Waals surface area contributed by atoms with Gasteiger partial charge in [-0.1, -0.05) is 104 Å². The van der Waals surface area contributed by atoms with Crippen LogP contribution in [0.4, 0.5) is 0 Å². The molecule has 0 saturated heterocycles. The Balaban J connectivity index is 1.53. The quantitative estimate of drug-likeness (QED) is 0.280. The van der Waals surface area contributed by atoms with Crippen LogP contribution in [0.25, 0.3) is 10.9 Å². The summed E-state index contributed by atoms with van der Waals surface area (Å²) >= 11 is 6.64. The number of hydrogen-bond donors (Lipinski definition) is 1. The maximum absolute atomic E-state index is 14.8. The van der Waals surface area contributed by atoms with E-state index in [0.717, 1.165) is 53.3 Å². The van der Waals surface area contributed by atoms with Gasteiger partial charge in [0.05, 0.1) is 6.54 Å². The second kappa shape index (κ2) is 11.1. The van der Waals surface area contributed by atoms with Gasteiger partial charge in [0.2, 0.25) is 0 Å². The molecule has 1 aromatic heterocycles. The third kappa shape index (κ3) is 4.81. The van der Waals surface area contributed by atoms with Crippen molar-refractivity contribution in [1.82, 2.24) is 14.8 Å². The molecule has 0 unspecified atom stereocenters. The summed E-state index contributed by atoms with van der Waals surface area (Å²) in [4.78, 5) is 31.1. The molecule has 6 rings (SSSR count). The minimum atomic E-state index is -1.25. The lowest BCUT2D eigenvalue weighted by atomic mass is 9.83. The Bertz CT molecular complexity index is 1540. The molecule has 1 aliphatic heterocycles. The number of nitrogens with zero attached hydrogens (tertiary/aromatic N) is 2. The summed E-state index contributed by atoms with van der Waals surface area (Å²) in [5.74, 6) is -0.290. The molecule has 206 valence electrons. The average molecular weight is 554 g/mol.